The Morgan fingerprint density at radius 2 is 2.00 bits per heavy atom. The third-order valence-electron chi connectivity index (χ3n) is 3.06. The van der Waals surface area contributed by atoms with Crippen LogP contribution in [0.5, 0.6) is 0 Å². The van der Waals surface area contributed by atoms with Crippen LogP contribution in [0.15, 0.2) is 18.2 Å². The van der Waals surface area contributed by atoms with Gasteiger partial charge in [-0.15, -0.1) is 0 Å². The van der Waals surface area contributed by atoms with Gasteiger partial charge in [0.2, 0.25) is 0 Å². The molecule has 0 fully saturated rings. The molecule has 0 N–H and O–H groups in total. The summed E-state index contributed by atoms with van der Waals surface area (Å²) in [7, 11) is 1.25. The summed E-state index contributed by atoms with van der Waals surface area (Å²) in [5.74, 6) is -0.876. The van der Waals surface area contributed by atoms with Gasteiger partial charge in [0.15, 0.2) is 0 Å². The van der Waals surface area contributed by atoms with Crippen LogP contribution in [0.25, 0.3) is 0 Å². The van der Waals surface area contributed by atoms with Gasteiger partial charge in [0.1, 0.15) is 6.54 Å². The number of aryl methyl sites for hydroxylation is 1. The van der Waals surface area contributed by atoms with E-state index >= 15 is 0 Å². The molecule has 0 atom stereocenters. The van der Waals surface area contributed by atoms with Gasteiger partial charge in [-0.2, -0.15) is 0 Å². The molecule has 0 radical (unpaired) electrons. The summed E-state index contributed by atoms with van der Waals surface area (Å²) >= 11 is 0. The minimum absolute atomic E-state index is 0.0758. The predicted octanol–water partition coefficient (Wildman–Crippen LogP) is 1.93. The molecular weight excluding hydrogens is 276 g/mol. The first kappa shape index (κ1) is 16.6. The molecule has 1 amide bonds. The Morgan fingerprint density at radius 3 is 2.43 bits per heavy atom. The van der Waals surface area contributed by atoms with Crippen molar-refractivity contribution in [2.24, 2.45) is 0 Å². The van der Waals surface area contributed by atoms with Crippen molar-refractivity contribution in [3.63, 3.8) is 0 Å². The molecule has 0 saturated carbocycles. The number of esters is 1. The van der Waals surface area contributed by atoms with Crippen molar-refractivity contribution < 1.29 is 19.2 Å². The Hall–Kier alpha value is -2.44. The number of nitro benzene ring substituents is 1. The van der Waals surface area contributed by atoms with Crippen LogP contribution in [-0.4, -0.2) is 41.4 Å². The molecule has 0 spiro atoms. The van der Waals surface area contributed by atoms with Crippen LogP contribution in [0.2, 0.25) is 0 Å². The zero-order chi connectivity index (χ0) is 16.2. The Balaban J connectivity index is 3.09. The number of methoxy groups -OCH3 is 1. The van der Waals surface area contributed by atoms with E-state index in [4.69, 9.17) is 0 Å². The van der Waals surface area contributed by atoms with Crippen LogP contribution in [0, 0.1) is 17.0 Å². The van der Waals surface area contributed by atoms with E-state index in [2.05, 4.69) is 4.74 Å². The Kier molecular flexibility index (Phi) is 5.40. The number of nitrogens with zero attached hydrogens (tertiary/aromatic N) is 2. The second-order valence-corrected chi connectivity index (χ2v) is 4.86. The highest BCUT2D eigenvalue weighted by molar-refractivity contribution is 5.97. The van der Waals surface area contributed by atoms with Gasteiger partial charge in [-0.25, -0.2) is 0 Å². The number of carbonyl (C=O) groups is 2. The molecule has 0 heterocycles. The van der Waals surface area contributed by atoms with E-state index in [0.717, 1.165) is 0 Å². The van der Waals surface area contributed by atoms with E-state index in [9.17, 15) is 19.7 Å². The fourth-order valence-corrected chi connectivity index (χ4v) is 1.85. The van der Waals surface area contributed by atoms with Gasteiger partial charge in [-0.3, -0.25) is 19.7 Å². The number of carbonyl (C=O) groups excluding carboxylic acids is 2. The lowest BCUT2D eigenvalue weighted by molar-refractivity contribution is -0.384. The molecule has 0 aliphatic heterocycles. The van der Waals surface area contributed by atoms with E-state index in [1.165, 1.54) is 30.2 Å². The van der Waals surface area contributed by atoms with Crippen molar-refractivity contribution in [1.29, 1.82) is 0 Å². The molecule has 0 bridgehead atoms. The molecule has 1 rings (SSSR count). The summed E-state index contributed by atoms with van der Waals surface area (Å²) < 4.78 is 4.58. The van der Waals surface area contributed by atoms with Crippen molar-refractivity contribution in [2.75, 3.05) is 13.7 Å². The maximum Gasteiger partial charge on any atom is 0.325 e. The Bertz CT molecular complexity index is 568. The molecule has 1 aromatic carbocycles. The normalized spacial score (nSPS) is 10.3. The number of amides is 1. The summed E-state index contributed by atoms with van der Waals surface area (Å²) in [5, 5.41) is 10.7. The molecule has 21 heavy (non-hydrogen) atoms. The Labute approximate surface area is 122 Å². The summed E-state index contributed by atoms with van der Waals surface area (Å²) in [6, 6.07) is 3.81. The fraction of sp³-hybridized carbons (Fsp3) is 0.429. The van der Waals surface area contributed by atoms with E-state index < -0.39 is 10.9 Å². The highest BCUT2D eigenvalue weighted by Crippen LogP contribution is 2.19. The number of rotatable bonds is 5. The number of nitro groups is 1. The molecule has 7 nitrogen and oxygen atoms in total. The molecule has 7 heteroatoms. The maximum absolute atomic E-state index is 12.5. The van der Waals surface area contributed by atoms with Crippen LogP contribution in [0.1, 0.15) is 29.8 Å². The van der Waals surface area contributed by atoms with E-state index in [0.29, 0.717) is 11.1 Å². The zero-order valence-electron chi connectivity index (χ0n) is 12.5. The number of hydrogen-bond acceptors (Lipinski definition) is 5. The largest absolute Gasteiger partial charge is 0.468 e. The minimum atomic E-state index is -0.518. The second-order valence-electron chi connectivity index (χ2n) is 4.86. The second kappa shape index (κ2) is 6.83. The average molecular weight is 294 g/mol. The third-order valence-corrected chi connectivity index (χ3v) is 3.06. The average Bonchev–Trinajstić information content (AvgIpc) is 2.43. The lowest BCUT2D eigenvalue weighted by atomic mass is 10.1. The summed E-state index contributed by atoms with van der Waals surface area (Å²) in [6.45, 7) is 5.02. The van der Waals surface area contributed by atoms with Gasteiger partial charge in [0.25, 0.3) is 11.6 Å². The van der Waals surface area contributed by atoms with Gasteiger partial charge in [-0.1, -0.05) is 0 Å². The van der Waals surface area contributed by atoms with Crippen LogP contribution >= 0.6 is 0 Å². The van der Waals surface area contributed by atoms with Crippen molar-refractivity contribution in [1.82, 2.24) is 4.90 Å². The first-order chi connectivity index (χ1) is 9.77. The molecule has 0 aliphatic carbocycles. The van der Waals surface area contributed by atoms with Gasteiger partial charge >= 0.3 is 5.97 Å². The van der Waals surface area contributed by atoms with Gasteiger partial charge in [0, 0.05) is 23.7 Å². The van der Waals surface area contributed by atoms with Crippen molar-refractivity contribution in [2.45, 2.75) is 26.8 Å². The van der Waals surface area contributed by atoms with Crippen LogP contribution in [0.3, 0.4) is 0 Å². The fourth-order valence-electron chi connectivity index (χ4n) is 1.85. The summed E-state index contributed by atoms with van der Waals surface area (Å²) in [4.78, 5) is 35.4. The van der Waals surface area contributed by atoms with Crippen LogP contribution < -0.4 is 0 Å². The summed E-state index contributed by atoms with van der Waals surface area (Å²) in [6.07, 6.45) is 0. The first-order valence-electron chi connectivity index (χ1n) is 6.40. The number of hydrogen-bond donors (Lipinski definition) is 0. The molecule has 114 valence electrons. The van der Waals surface area contributed by atoms with Crippen molar-refractivity contribution in [3.8, 4) is 0 Å². The maximum atomic E-state index is 12.5. The molecular formula is C14H18N2O5. The lowest BCUT2D eigenvalue weighted by Crippen LogP contribution is -2.41. The SMILES string of the molecule is COC(=O)CN(C(=O)c1ccc([N+](=O)[O-])cc1C)C(C)C. The molecule has 1 aromatic rings. The van der Waals surface area contributed by atoms with E-state index in [-0.39, 0.29) is 24.2 Å². The van der Waals surface area contributed by atoms with E-state index in [1.54, 1.807) is 20.8 Å². The third kappa shape index (κ3) is 4.01. The molecule has 0 unspecified atom stereocenters. The zero-order valence-corrected chi connectivity index (χ0v) is 12.5. The van der Waals surface area contributed by atoms with Crippen molar-refractivity contribution in [3.05, 3.63) is 39.4 Å². The van der Waals surface area contributed by atoms with Gasteiger partial charge in [-0.05, 0) is 32.4 Å². The molecule has 0 aliphatic rings. The molecule has 0 aromatic heterocycles. The van der Waals surface area contributed by atoms with E-state index in [1.807, 2.05) is 0 Å². The van der Waals surface area contributed by atoms with Crippen molar-refractivity contribution >= 4 is 17.6 Å². The van der Waals surface area contributed by atoms with Gasteiger partial charge < -0.3 is 9.64 Å². The quantitative estimate of drug-likeness (QED) is 0.470. The topological polar surface area (TPSA) is 89.8 Å². The number of ether oxygens (including phenoxy) is 1. The molecule has 0 saturated heterocycles. The number of non-ortho nitro benzene ring substituents is 1. The highest BCUT2D eigenvalue weighted by Gasteiger charge is 2.24. The van der Waals surface area contributed by atoms with Crippen LogP contribution in [-0.2, 0) is 9.53 Å². The predicted molar refractivity (Wildman–Crippen MR) is 76.0 cm³/mol. The highest BCUT2D eigenvalue weighted by atomic mass is 16.6. The first-order valence-corrected chi connectivity index (χ1v) is 6.40. The van der Waals surface area contributed by atoms with Gasteiger partial charge in [0.05, 0.1) is 12.0 Å². The van der Waals surface area contributed by atoms with Crippen LogP contribution in [0.4, 0.5) is 5.69 Å². The minimum Gasteiger partial charge on any atom is -0.468 e. The smallest absolute Gasteiger partial charge is 0.325 e. The lowest BCUT2D eigenvalue weighted by Gasteiger charge is -2.26. The monoisotopic (exact) mass is 294 g/mol. The standard InChI is InChI=1S/C14H18N2O5/c1-9(2)15(8-13(17)21-4)14(18)12-6-5-11(16(19)20)7-10(12)3/h5-7,9H,8H2,1-4H3. The Morgan fingerprint density at radius 1 is 1.38 bits per heavy atom. The number of benzene rings is 1. The summed E-state index contributed by atoms with van der Waals surface area (Å²) in [5.41, 5.74) is 0.746.